The molecule has 0 bridgehead atoms. The Kier molecular flexibility index (Phi) is 9.00. The molecule has 1 saturated heterocycles. The van der Waals surface area contributed by atoms with E-state index in [-0.39, 0.29) is 23.4 Å². The summed E-state index contributed by atoms with van der Waals surface area (Å²) in [6.07, 6.45) is 0.694. The van der Waals surface area contributed by atoms with Crippen molar-refractivity contribution in [1.29, 1.82) is 10.5 Å². The number of aromatic nitrogens is 1. The van der Waals surface area contributed by atoms with E-state index in [1.54, 1.807) is 68.4 Å². The average molecular weight is 572 g/mol. The van der Waals surface area contributed by atoms with Gasteiger partial charge in [-0.15, -0.1) is 0 Å². The number of hydrogen-bond donors (Lipinski definition) is 0. The number of benzene rings is 2. The summed E-state index contributed by atoms with van der Waals surface area (Å²) in [6, 6.07) is 20.0. The molecule has 2 heterocycles. The number of esters is 1. The van der Waals surface area contributed by atoms with Crippen LogP contribution in [0.15, 0.2) is 60.7 Å². The summed E-state index contributed by atoms with van der Waals surface area (Å²) in [4.78, 5) is 32.4. The van der Waals surface area contributed by atoms with Crippen molar-refractivity contribution < 1.29 is 22.7 Å². The molecular formula is C30H29N5O5S. The maximum absolute atomic E-state index is 13.8. The van der Waals surface area contributed by atoms with Crippen LogP contribution in [0.1, 0.15) is 52.5 Å². The van der Waals surface area contributed by atoms with Crippen LogP contribution in [0.3, 0.4) is 0 Å². The number of ether oxygens (including phenoxy) is 1. The van der Waals surface area contributed by atoms with E-state index in [1.807, 2.05) is 11.0 Å². The molecule has 210 valence electrons. The lowest BCUT2D eigenvalue weighted by Crippen LogP contribution is -2.46. The Hall–Kier alpha value is -4.74. The Morgan fingerprint density at radius 2 is 1.71 bits per heavy atom. The first-order valence-corrected chi connectivity index (χ1v) is 14.7. The van der Waals surface area contributed by atoms with Crippen LogP contribution in [0.2, 0.25) is 0 Å². The fraction of sp³-hybridized carbons (Fsp3) is 0.300. The number of hydrogen-bond acceptors (Lipinski definition) is 9. The molecule has 0 aliphatic carbocycles. The minimum absolute atomic E-state index is 0.201. The quantitative estimate of drug-likeness (QED) is 0.365. The Labute approximate surface area is 239 Å². The van der Waals surface area contributed by atoms with Gasteiger partial charge in [-0.2, -0.15) is 10.5 Å². The van der Waals surface area contributed by atoms with E-state index in [0.29, 0.717) is 48.6 Å². The molecule has 1 amide bonds. The number of amides is 1. The molecule has 0 unspecified atom stereocenters. The summed E-state index contributed by atoms with van der Waals surface area (Å²) in [5.41, 5.74) is 2.01. The molecule has 0 saturated carbocycles. The largest absolute Gasteiger partial charge is 0.462 e. The molecule has 3 aromatic rings. The van der Waals surface area contributed by atoms with Crippen LogP contribution in [-0.4, -0.2) is 45.0 Å². The third kappa shape index (κ3) is 6.53. The zero-order valence-corrected chi connectivity index (χ0v) is 23.6. The molecule has 1 aromatic heterocycles. The lowest BCUT2D eigenvalue weighted by Gasteiger charge is -2.35. The van der Waals surface area contributed by atoms with Gasteiger partial charge in [-0.25, -0.2) is 22.5 Å². The highest BCUT2D eigenvalue weighted by molar-refractivity contribution is 7.92. The summed E-state index contributed by atoms with van der Waals surface area (Å²) in [6.45, 7) is 4.31. The van der Waals surface area contributed by atoms with Crippen molar-refractivity contribution in [2.45, 2.75) is 32.4 Å². The predicted molar refractivity (Wildman–Crippen MR) is 152 cm³/mol. The van der Waals surface area contributed by atoms with E-state index in [4.69, 9.17) is 10.00 Å². The second kappa shape index (κ2) is 12.6. The molecule has 10 nitrogen and oxygen atoms in total. The molecule has 0 radical (unpaired) electrons. The second-order valence-corrected chi connectivity index (χ2v) is 11.4. The van der Waals surface area contributed by atoms with E-state index < -0.39 is 33.6 Å². The highest BCUT2D eigenvalue weighted by Crippen LogP contribution is 2.30. The van der Waals surface area contributed by atoms with Crippen LogP contribution in [0, 0.1) is 35.5 Å². The van der Waals surface area contributed by atoms with E-state index in [0.717, 1.165) is 4.31 Å². The predicted octanol–water partition coefficient (Wildman–Crippen LogP) is 4.09. The molecule has 1 aliphatic heterocycles. The van der Waals surface area contributed by atoms with E-state index in [9.17, 15) is 23.3 Å². The van der Waals surface area contributed by atoms with Gasteiger partial charge >= 0.3 is 5.97 Å². The van der Waals surface area contributed by atoms with Crippen molar-refractivity contribution in [3.05, 3.63) is 88.6 Å². The van der Waals surface area contributed by atoms with Crippen molar-refractivity contribution in [2.75, 3.05) is 28.9 Å². The normalized spacial score (nSPS) is 13.6. The van der Waals surface area contributed by atoms with Crippen molar-refractivity contribution >= 4 is 33.4 Å². The molecule has 41 heavy (non-hydrogen) atoms. The van der Waals surface area contributed by atoms with Gasteiger partial charge in [0.25, 0.3) is 0 Å². The van der Waals surface area contributed by atoms with Gasteiger partial charge in [0, 0.05) is 19.0 Å². The average Bonchev–Trinajstić information content (AvgIpc) is 2.98. The third-order valence-electron chi connectivity index (χ3n) is 6.85. The molecule has 0 N–H and O–H groups in total. The highest BCUT2D eigenvalue weighted by atomic mass is 32.2. The van der Waals surface area contributed by atoms with E-state index in [1.165, 1.54) is 6.07 Å². The highest BCUT2D eigenvalue weighted by Gasteiger charge is 2.36. The zero-order chi connectivity index (χ0) is 29.6. The molecule has 4 rings (SSSR count). The van der Waals surface area contributed by atoms with E-state index >= 15 is 0 Å². The topological polar surface area (TPSA) is 144 Å². The summed E-state index contributed by atoms with van der Waals surface area (Å²) in [5, 5.41) is 18.8. The molecule has 11 heteroatoms. The molecule has 0 spiro atoms. The fourth-order valence-corrected chi connectivity index (χ4v) is 6.38. The van der Waals surface area contributed by atoms with Crippen LogP contribution in [0.5, 0.6) is 0 Å². The lowest BCUT2D eigenvalue weighted by atomic mass is 9.95. The van der Waals surface area contributed by atoms with Crippen LogP contribution in [-0.2, 0) is 25.3 Å². The maximum Gasteiger partial charge on any atom is 0.340 e. The Morgan fingerprint density at radius 1 is 1.05 bits per heavy atom. The smallest absolute Gasteiger partial charge is 0.340 e. The summed E-state index contributed by atoms with van der Waals surface area (Å²) in [5.74, 6) is -1.63. The molecular weight excluding hydrogens is 542 g/mol. The zero-order valence-electron chi connectivity index (χ0n) is 22.8. The second-order valence-electron chi connectivity index (χ2n) is 9.59. The van der Waals surface area contributed by atoms with E-state index in [2.05, 4.69) is 11.1 Å². The Morgan fingerprint density at radius 3 is 2.29 bits per heavy atom. The van der Waals surface area contributed by atoms with Crippen LogP contribution >= 0.6 is 0 Å². The van der Waals surface area contributed by atoms with Gasteiger partial charge in [0.05, 0.1) is 46.5 Å². The number of para-hydroxylation sites is 1. The van der Waals surface area contributed by atoms with Crippen molar-refractivity contribution in [1.82, 2.24) is 4.98 Å². The summed E-state index contributed by atoms with van der Waals surface area (Å²) in [7, 11) is -4.11. The van der Waals surface area contributed by atoms with Gasteiger partial charge in [-0.1, -0.05) is 30.3 Å². The van der Waals surface area contributed by atoms with Gasteiger partial charge in [0.15, 0.2) is 0 Å². The number of rotatable bonds is 8. The molecule has 1 aliphatic rings. The van der Waals surface area contributed by atoms with Crippen LogP contribution < -0.4 is 9.21 Å². The van der Waals surface area contributed by atoms with Gasteiger partial charge in [-0.3, -0.25) is 4.79 Å². The Balaban J connectivity index is 1.55. The van der Waals surface area contributed by atoms with Gasteiger partial charge in [-0.05, 0) is 62.6 Å². The first kappa shape index (κ1) is 29.2. The van der Waals surface area contributed by atoms with Crippen molar-refractivity contribution in [2.24, 2.45) is 5.92 Å². The monoisotopic (exact) mass is 571 g/mol. The maximum atomic E-state index is 13.8. The summed E-state index contributed by atoms with van der Waals surface area (Å²) >= 11 is 0. The number of sulfonamides is 1. The third-order valence-corrected chi connectivity index (χ3v) is 8.50. The molecule has 0 atom stereocenters. The van der Waals surface area contributed by atoms with Crippen LogP contribution in [0.25, 0.3) is 0 Å². The number of aryl methyl sites for hydroxylation is 1. The lowest BCUT2D eigenvalue weighted by molar-refractivity contribution is -0.121. The standard InChI is InChI=1S/C30H29N5O5S/c1-3-40-30(37)27-17-25(19-32)28(33-21(27)2)34-15-13-24(14-16-34)29(36)35(26-7-5-4-6-8-26)41(38,39)20-23-11-9-22(18-31)10-12-23/h4-12,17,24H,3,13-16,20H2,1-2H3. The molecule has 1 fully saturated rings. The minimum atomic E-state index is -4.11. The number of piperidine rings is 1. The first-order valence-electron chi connectivity index (χ1n) is 13.1. The Bertz CT molecular complexity index is 1620. The van der Waals surface area contributed by atoms with Gasteiger partial charge in [0.1, 0.15) is 11.9 Å². The van der Waals surface area contributed by atoms with Crippen LogP contribution in [0.4, 0.5) is 11.5 Å². The van der Waals surface area contributed by atoms with Crippen molar-refractivity contribution in [3.8, 4) is 12.1 Å². The number of nitrogens with zero attached hydrogens (tertiary/aromatic N) is 5. The fourth-order valence-electron chi connectivity index (χ4n) is 4.77. The van der Waals surface area contributed by atoms with Crippen molar-refractivity contribution in [3.63, 3.8) is 0 Å². The molecule has 2 aromatic carbocycles. The number of pyridine rings is 1. The minimum Gasteiger partial charge on any atom is -0.462 e. The number of nitriles is 2. The first-order chi connectivity index (χ1) is 19.7. The van der Waals surface area contributed by atoms with Gasteiger partial charge < -0.3 is 9.64 Å². The number of anilines is 2. The number of carbonyl (C=O) groups excluding carboxylic acids is 2. The summed E-state index contributed by atoms with van der Waals surface area (Å²) < 4.78 is 33.2. The SMILES string of the molecule is CCOC(=O)c1cc(C#N)c(N2CCC(C(=O)N(c3ccccc3)S(=O)(=O)Cc3ccc(C#N)cc3)CC2)nc1C. The number of carbonyl (C=O) groups is 2. The van der Waals surface area contributed by atoms with Gasteiger partial charge in [0.2, 0.25) is 15.9 Å².